The van der Waals surface area contributed by atoms with E-state index in [0.29, 0.717) is 18.4 Å². The summed E-state index contributed by atoms with van der Waals surface area (Å²) in [6.07, 6.45) is 0.618. The van der Waals surface area contributed by atoms with Gasteiger partial charge in [-0.3, -0.25) is 9.59 Å². The predicted molar refractivity (Wildman–Crippen MR) is 92.9 cm³/mol. The van der Waals surface area contributed by atoms with Crippen LogP contribution in [0.3, 0.4) is 0 Å². The molecule has 3 N–H and O–H groups in total. The molecule has 0 aliphatic carbocycles. The first kappa shape index (κ1) is 16.9. The van der Waals surface area contributed by atoms with Gasteiger partial charge in [-0.2, -0.15) is 0 Å². The molecular formula is C19H17FN2O3. The Labute approximate surface area is 143 Å². The Morgan fingerprint density at radius 3 is 2.52 bits per heavy atom. The lowest BCUT2D eigenvalue weighted by Crippen LogP contribution is -2.27. The molecule has 6 heteroatoms. The Kier molecular flexibility index (Phi) is 4.90. The number of hydrogen-bond donors (Lipinski definition) is 3. The van der Waals surface area contributed by atoms with Gasteiger partial charge in [0.2, 0.25) is 5.56 Å². The molecule has 0 unspecified atom stereocenters. The zero-order valence-electron chi connectivity index (χ0n) is 13.4. The number of benzene rings is 2. The minimum absolute atomic E-state index is 0.00671. The molecule has 3 aromatic rings. The number of aromatic nitrogens is 1. The van der Waals surface area contributed by atoms with Crippen molar-refractivity contribution >= 4 is 16.8 Å². The van der Waals surface area contributed by atoms with E-state index < -0.39 is 11.4 Å². The van der Waals surface area contributed by atoms with Gasteiger partial charge >= 0.3 is 0 Å². The fourth-order valence-corrected chi connectivity index (χ4v) is 2.65. The van der Waals surface area contributed by atoms with Gasteiger partial charge in [0.05, 0.1) is 17.7 Å². The average Bonchev–Trinajstić information content (AvgIpc) is 2.61. The zero-order chi connectivity index (χ0) is 17.8. The summed E-state index contributed by atoms with van der Waals surface area (Å²) < 4.78 is 13.3. The number of pyridine rings is 1. The molecule has 2 aromatic carbocycles. The lowest BCUT2D eigenvalue weighted by atomic mass is 10.1. The van der Waals surface area contributed by atoms with Crippen LogP contribution in [0.4, 0.5) is 4.39 Å². The number of hydrogen-bond acceptors (Lipinski definition) is 3. The van der Waals surface area contributed by atoms with E-state index in [2.05, 4.69) is 10.3 Å². The van der Waals surface area contributed by atoms with E-state index in [4.69, 9.17) is 5.11 Å². The topological polar surface area (TPSA) is 82.2 Å². The van der Waals surface area contributed by atoms with Crippen LogP contribution in [0.2, 0.25) is 0 Å². The second-order valence-electron chi connectivity index (χ2n) is 5.72. The number of amides is 1. The van der Waals surface area contributed by atoms with Gasteiger partial charge in [0, 0.05) is 18.0 Å². The van der Waals surface area contributed by atoms with Crippen molar-refractivity contribution in [1.29, 1.82) is 0 Å². The Hall–Kier alpha value is -2.99. The fraction of sp³-hybridized carbons (Fsp3) is 0.158. The van der Waals surface area contributed by atoms with Crippen molar-refractivity contribution in [2.75, 3.05) is 6.54 Å². The highest BCUT2D eigenvalue weighted by Gasteiger charge is 2.12. The van der Waals surface area contributed by atoms with Crippen molar-refractivity contribution in [1.82, 2.24) is 10.3 Å². The molecule has 25 heavy (non-hydrogen) atoms. The molecule has 1 aromatic heterocycles. The summed E-state index contributed by atoms with van der Waals surface area (Å²) >= 11 is 0. The summed E-state index contributed by atoms with van der Waals surface area (Å²) in [7, 11) is 0. The summed E-state index contributed by atoms with van der Waals surface area (Å²) in [5.41, 5.74) is 1.90. The number of nitrogens with one attached hydrogen (secondary N) is 2. The van der Waals surface area contributed by atoms with Crippen LogP contribution < -0.4 is 10.9 Å². The largest absolute Gasteiger partial charge is 0.392 e. The molecule has 0 aliphatic rings. The number of aliphatic hydroxyl groups is 1. The first-order valence-corrected chi connectivity index (χ1v) is 7.86. The molecule has 0 fully saturated rings. The monoisotopic (exact) mass is 340 g/mol. The number of halogens is 1. The van der Waals surface area contributed by atoms with Gasteiger partial charge in [-0.1, -0.05) is 24.3 Å². The van der Waals surface area contributed by atoms with Gasteiger partial charge in [0.1, 0.15) is 5.82 Å². The SMILES string of the molecule is O=C(NCCc1ccc(CO)cc1)c1cc(=O)[nH]c2cc(F)ccc12. The third-order valence-electron chi connectivity index (χ3n) is 3.95. The molecule has 1 heterocycles. The standard InChI is InChI=1S/C19H17FN2O3/c20-14-5-6-15-16(10-18(24)22-17(15)9-14)19(25)21-8-7-12-1-3-13(11-23)4-2-12/h1-6,9-10,23H,7-8,11H2,(H,21,25)(H,22,24). The van der Waals surface area contributed by atoms with Gasteiger partial charge < -0.3 is 15.4 Å². The minimum atomic E-state index is -0.480. The number of H-pyrrole nitrogens is 1. The molecular weight excluding hydrogens is 323 g/mol. The van der Waals surface area contributed by atoms with Gasteiger partial charge in [-0.25, -0.2) is 4.39 Å². The molecule has 0 aliphatic heterocycles. The Bertz CT molecular complexity index is 965. The second-order valence-corrected chi connectivity index (χ2v) is 5.72. The Balaban J connectivity index is 1.72. The van der Waals surface area contributed by atoms with Crippen LogP contribution >= 0.6 is 0 Å². The van der Waals surface area contributed by atoms with Crippen molar-refractivity contribution in [3.05, 3.63) is 81.4 Å². The van der Waals surface area contributed by atoms with Crippen molar-refractivity contribution in [2.24, 2.45) is 0 Å². The van der Waals surface area contributed by atoms with Gasteiger partial charge in [-0.15, -0.1) is 0 Å². The van der Waals surface area contributed by atoms with Crippen molar-refractivity contribution in [2.45, 2.75) is 13.0 Å². The predicted octanol–water partition coefficient (Wildman–Crippen LogP) is 2.13. The molecule has 0 saturated carbocycles. The number of carbonyl (C=O) groups excluding carboxylic acids is 1. The smallest absolute Gasteiger partial charge is 0.252 e. The van der Waals surface area contributed by atoms with Crippen LogP contribution in [0.1, 0.15) is 21.5 Å². The van der Waals surface area contributed by atoms with Crippen molar-refractivity contribution in [3.8, 4) is 0 Å². The second kappa shape index (κ2) is 7.27. The highest BCUT2D eigenvalue weighted by Crippen LogP contribution is 2.16. The summed E-state index contributed by atoms with van der Waals surface area (Å²) in [4.78, 5) is 26.6. The van der Waals surface area contributed by atoms with Crippen molar-refractivity contribution < 1.29 is 14.3 Å². The Morgan fingerprint density at radius 1 is 1.08 bits per heavy atom. The summed E-state index contributed by atoms with van der Waals surface area (Å²) in [5, 5.41) is 12.3. The fourth-order valence-electron chi connectivity index (χ4n) is 2.65. The number of aliphatic hydroxyl groups excluding tert-OH is 1. The van der Waals surface area contributed by atoms with Gasteiger partial charge in [0.15, 0.2) is 0 Å². The number of fused-ring (bicyclic) bond motifs is 1. The normalized spacial score (nSPS) is 10.8. The molecule has 0 bridgehead atoms. The highest BCUT2D eigenvalue weighted by molar-refractivity contribution is 6.05. The molecule has 0 saturated heterocycles. The lowest BCUT2D eigenvalue weighted by Gasteiger charge is -2.08. The lowest BCUT2D eigenvalue weighted by molar-refractivity contribution is 0.0955. The molecule has 1 amide bonds. The third kappa shape index (κ3) is 3.92. The van der Waals surface area contributed by atoms with E-state index in [0.717, 1.165) is 11.1 Å². The summed E-state index contributed by atoms with van der Waals surface area (Å²) in [6, 6.07) is 12.6. The quantitative estimate of drug-likeness (QED) is 0.665. The first-order chi connectivity index (χ1) is 12.1. The van der Waals surface area contributed by atoms with E-state index in [1.165, 1.54) is 24.3 Å². The Morgan fingerprint density at radius 2 is 1.80 bits per heavy atom. The number of aromatic amines is 1. The van der Waals surface area contributed by atoms with E-state index in [-0.39, 0.29) is 23.6 Å². The van der Waals surface area contributed by atoms with Crippen LogP contribution in [0.5, 0.6) is 0 Å². The zero-order valence-corrected chi connectivity index (χ0v) is 13.4. The van der Waals surface area contributed by atoms with E-state index >= 15 is 0 Å². The van der Waals surface area contributed by atoms with E-state index in [1.807, 2.05) is 24.3 Å². The van der Waals surface area contributed by atoms with Gasteiger partial charge in [0.25, 0.3) is 5.91 Å². The van der Waals surface area contributed by atoms with E-state index in [1.54, 1.807) is 0 Å². The summed E-state index contributed by atoms with van der Waals surface area (Å²) in [6.45, 7) is 0.389. The molecule has 128 valence electrons. The molecule has 3 rings (SSSR count). The highest BCUT2D eigenvalue weighted by atomic mass is 19.1. The number of carbonyl (C=O) groups is 1. The van der Waals surface area contributed by atoms with Crippen LogP contribution in [-0.4, -0.2) is 22.5 Å². The van der Waals surface area contributed by atoms with Crippen molar-refractivity contribution in [3.63, 3.8) is 0 Å². The average molecular weight is 340 g/mol. The maximum absolute atomic E-state index is 13.3. The molecule has 0 radical (unpaired) electrons. The molecule has 0 spiro atoms. The molecule has 5 nitrogen and oxygen atoms in total. The maximum Gasteiger partial charge on any atom is 0.252 e. The first-order valence-electron chi connectivity index (χ1n) is 7.86. The van der Waals surface area contributed by atoms with Crippen LogP contribution in [0, 0.1) is 5.82 Å². The van der Waals surface area contributed by atoms with Crippen LogP contribution in [0.25, 0.3) is 10.9 Å². The number of rotatable bonds is 5. The van der Waals surface area contributed by atoms with Crippen LogP contribution in [-0.2, 0) is 13.0 Å². The van der Waals surface area contributed by atoms with Gasteiger partial charge in [-0.05, 0) is 35.7 Å². The molecule has 0 atom stereocenters. The third-order valence-corrected chi connectivity index (χ3v) is 3.95. The van der Waals surface area contributed by atoms with Crippen LogP contribution in [0.15, 0.2) is 53.3 Å². The van der Waals surface area contributed by atoms with E-state index in [9.17, 15) is 14.0 Å². The minimum Gasteiger partial charge on any atom is -0.392 e. The maximum atomic E-state index is 13.3. The summed E-state index contributed by atoms with van der Waals surface area (Å²) in [5.74, 6) is -0.860.